The molecule has 2 aliphatic rings. The molecule has 160 valence electrons. The fourth-order valence-electron chi connectivity index (χ4n) is 4.63. The van der Waals surface area contributed by atoms with E-state index < -0.39 is 0 Å². The van der Waals surface area contributed by atoms with Gasteiger partial charge in [0.1, 0.15) is 16.8 Å². The summed E-state index contributed by atoms with van der Waals surface area (Å²) in [6.07, 6.45) is 8.95. The molecule has 0 radical (unpaired) electrons. The summed E-state index contributed by atoms with van der Waals surface area (Å²) in [6.45, 7) is 4.84. The molecule has 1 aromatic rings. The van der Waals surface area contributed by atoms with Crippen LogP contribution < -0.4 is 10.00 Å². The molecule has 2 unspecified atom stereocenters. The van der Waals surface area contributed by atoms with Gasteiger partial charge in [-0.1, -0.05) is 24.9 Å². The second-order valence-electron chi connectivity index (χ2n) is 8.31. The molecular weight excluding hydrogens is 390 g/mol. The number of likely N-dealkylation sites (tertiary alicyclic amines) is 1. The maximum absolute atomic E-state index is 12.4. The molecule has 0 spiro atoms. The summed E-state index contributed by atoms with van der Waals surface area (Å²) in [5, 5.41) is 23.0. The van der Waals surface area contributed by atoms with Crippen molar-refractivity contribution >= 4 is 17.5 Å². The summed E-state index contributed by atoms with van der Waals surface area (Å²) in [7, 11) is 0. The van der Waals surface area contributed by atoms with E-state index in [4.69, 9.17) is 16.9 Å². The number of aliphatic hydroxyl groups is 1. The summed E-state index contributed by atoms with van der Waals surface area (Å²) in [4.78, 5) is 14.2. The predicted octanol–water partition coefficient (Wildman–Crippen LogP) is 1.99. The normalized spacial score (nSPS) is 24.2. The standard InChI is InChI=1S/C21H33ClN5O2/c1-2-3-8-25-14-19(22)20(15-28)27(25)13-16-6-7-17(10-16)24-12-21(29)26-9-4-5-18(26)11-23/h14,16-18,24,28H,2-10,12-13,15H2,1H3/q+1/t16?,17?,18-/m0/s1. The lowest BCUT2D eigenvalue weighted by molar-refractivity contribution is -0.777. The van der Waals surface area contributed by atoms with E-state index in [9.17, 15) is 9.90 Å². The molecule has 2 heterocycles. The first-order chi connectivity index (χ1) is 14.1. The molecule has 1 aliphatic heterocycles. The first-order valence-electron chi connectivity index (χ1n) is 10.9. The van der Waals surface area contributed by atoms with Crippen LogP contribution >= 0.6 is 11.6 Å². The van der Waals surface area contributed by atoms with Gasteiger partial charge in [0.25, 0.3) is 0 Å². The van der Waals surface area contributed by atoms with Crippen LogP contribution in [0.3, 0.4) is 0 Å². The maximum Gasteiger partial charge on any atom is 0.237 e. The molecule has 0 aromatic carbocycles. The van der Waals surface area contributed by atoms with E-state index in [-0.39, 0.29) is 18.6 Å². The highest BCUT2D eigenvalue weighted by Gasteiger charge is 2.31. The van der Waals surface area contributed by atoms with Crippen molar-refractivity contribution in [2.75, 3.05) is 13.1 Å². The van der Waals surface area contributed by atoms with E-state index in [0.29, 0.717) is 30.1 Å². The Morgan fingerprint density at radius 2 is 2.28 bits per heavy atom. The monoisotopic (exact) mass is 422 g/mol. The highest BCUT2D eigenvalue weighted by atomic mass is 35.5. The van der Waals surface area contributed by atoms with Gasteiger partial charge in [-0.25, -0.2) is 0 Å². The van der Waals surface area contributed by atoms with Crippen molar-refractivity contribution in [3.63, 3.8) is 0 Å². The number of nitrogens with one attached hydrogen (secondary N) is 1. The Bertz CT molecular complexity index is 744. The second kappa shape index (κ2) is 10.4. The molecule has 1 amide bonds. The molecule has 3 rings (SSSR count). The summed E-state index contributed by atoms with van der Waals surface area (Å²) < 4.78 is 4.27. The van der Waals surface area contributed by atoms with Gasteiger partial charge in [0, 0.05) is 19.0 Å². The molecule has 29 heavy (non-hydrogen) atoms. The molecule has 1 aliphatic carbocycles. The quantitative estimate of drug-likeness (QED) is 0.596. The number of hydrogen-bond acceptors (Lipinski definition) is 4. The second-order valence-corrected chi connectivity index (χ2v) is 8.72. The molecule has 0 bridgehead atoms. The van der Waals surface area contributed by atoms with Crippen LogP contribution in [0, 0.1) is 17.2 Å². The first-order valence-corrected chi connectivity index (χ1v) is 11.3. The smallest absolute Gasteiger partial charge is 0.237 e. The number of aromatic nitrogens is 2. The maximum atomic E-state index is 12.4. The largest absolute Gasteiger partial charge is 0.390 e. The van der Waals surface area contributed by atoms with E-state index in [1.54, 1.807) is 4.90 Å². The van der Waals surface area contributed by atoms with Gasteiger partial charge in [-0.3, -0.25) is 4.79 Å². The van der Waals surface area contributed by atoms with Crippen LogP contribution in [0.15, 0.2) is 6.20 Å². The van der Waals surface area contributed by atoms with E-state index in [1.165, 1.54) is 0 Å². The number of hydrogen-bond donors (Lipinski definition) is 2. The van der Waals surface area contributed by atoms with Crippen molar-refractivity contribution in [1.82, 2.24) is 14.9 Å². The fourth-order valence-corrected chi connectivity index (χ4v) is 4.90. The third-order valence-corrected chi connectivity index (χ3v) is 6.60. The van der Waals surface area contributed by atoms with Crippen LogP contribution in [0.2, 0.25) is 5.02 Å². The summed E-state index contributed by atoms with van der Waals surface area (Å²) >= 11 is 6.33. The molecule has 8 heteroatoms. The average Bonchev–Trinajstić information content (AvgIpc) is 3.43. The number of carbonyl (C=O) groups is 1. The van der Waals surface area contributed by atoms with Crippen LogP contribution in [0.25, 0.3) is 0 Å². The molecule has 7 nitrogen and oxygen atoms in total. The Hall–Kier alpha value is -1.62. The van der Waals surface area contributed by atoms with E-state index in [2.05, 4.69) is 27.7 Å². The lowest BCUT2D eigenvalue weighted by Crippen LogP contribution is -2.45. The molecule has 1 saturated heterocycles. The minimum atomic E-state index is -0.255. The number of nitriles is 1. The van der Waals surface area contributed by atoms with E-state index >= 15 is 0 Å². The number of aryl methyl sites for hydroxylation is 1. The zero-order valence-corrected chi connectivity index (χ0v) is 18.1. The van der Waals surface area contributed by atoms with Crippen molar-refractivity contribution in [1.29, 1.82) is 5.26 Å². The Morgan fingerprint density at radius 3 is 3.00 bits per heavy atom. The molecule has 2 N–H and O–H groups in total. The highest BCUT2D eigenvalue weighted by molar-refractivity contribution is 6.31. The highest BCUT2D eigenvalue weighted by Crippen LogP contribution is 2.28. The third-order valence-electron chi connectivity index (χ3n) is 6.29. The number of halogens is 1. The number of carbonyl (C=O) groups excluding carboxylic acids is 1. The molecule has 3 atom stereocenters. The number of nitrogens with zero attached hydrogens (tertiary/aromatic N) is 4. The molecule has 2 fully saturated rings. The number of unbranched alkanes of at least 4 members (excludes halogenated alkanes) is 1. The SMILES string of the molecule is CCCC[n+]1cc(Cl)c(CO)n1CC1CCC(NCC(=O)N2CCC[C@H]2C#N)C1. The zero-order valence-electron chi connectivity index (χ0n) is 17.3. The third kappa shape index (κ3) is 5.30. The minimum Gasteiger partial charge on any atom is -0.390 e. The van der Waals surface area contributed by atoms with Gasteiger partial charge < -0.3 is 15.3 Å². The number of amides is 1. The van der Waals surface area contributed by atoms with E-state index in [0.717, 1.165) is 63.7 Å². The first kappa shape index (κ1) is 22.1. The van der Waals surface area contributed by atoms with Gasteiger partial charge in [0.2, 0.25) is 12.1 Å². The van der Waals surface area contributed by atoms with Gasteiger partial charge in [-0.15, -0.1) is 4.68 Å². The minimum absolute atomic E-state index is 0.0367. The Morgan fingerprint density at radius 1 is 1.45 bits per heavy atom. The van der Waals surface area contributed by atoms with Gasteiger partial charge in [-0.05, 0) is 38.0 Å². The van der Waals surface area contributed by atoms with Crippen LogP contribution in [0.1, 0.15) is 57.6 Å². The number of aliphatic hydroxyl groups excluding tert-OH is 1. The predicted molar refractivity (Wildman–Crippen MR) is 110 cm³/mol. The topological polar surface area (TPSA) is 85.2 Å². The number of rotatable bonds is 9. The van der Waals surface area contributed by atoms with Crippen molar-refractivity contribution in [3.8, 4) is 6.07 Å². The summed E-state index contributed by atoms with van der Waals surface area (Å²) in [5.41, 5.74) is 0.783. The van der Waals surface area contributed by atoms with Crippen LogP contribution in [-0.2, 0) is 24.5 Å². The molecule has 1 saturated carbocycles. The van der Waals surface area contributed by atoms with Crippen molar-refractivity contribution < 1.29 is 14.6 Å². The Balaban J connectivity index is 1.52. The Kier molecular flexibility index (Phi) is 7.93. The van der Waals surface area contributed by atoms with Gasteiger partial charge >= 0.3 is 0 Å². The fraction of sp³-hybridized carbons (Fsp3) is 0.762. The van der Waals surface area contributed by atoms with Crippen LogP contribution in [0.5, 0.6) is 0 Å². The lowest BCUT2D eigenvalue weighted by Gasteiger charge is -2.21. The zero-order chi connectivity index (χ0) is 20.8. The van der Waals surface area contributed by atoms with Crippen LogP contribution in [-0.4, -0.2) is 45.8 Å². The van der Waals surface area contributed by atoms with Crippen LogP contribution in [0.4, 0.5) is 0 Å². The molecular formula is C21H33ClN5O2+. The molecule has 1 aromatic heterocycles. The summed E-state index contributed by atoms with van der Waals surface area (Å²) in [5.74, 6) is 0.526. The average molecular weight is 423 g/mol. The van der Waals surface area contributed by atoms with Crippen molar-refractivity contribution in [2.24, 2.45) is 5.92 Å². The van der Waals surface area contributed by atoms with Gasteiger partial charge in [0.05, 0.1) is 25.8 Å². The van der Waals surface area contributed by atoms with Gasteiger partial charge in [-0.2, -0.15) is 9.94 Å². The van der Waals surface area contributed by atoms with Crippen molar-refractivity contribution in [2.45, 2.75) is 83.6 Å². The summed E-state index contributed by atoms with van der Waals surface area (Å²) in [6, 6.07) is 2.30. The van der Waals surface area contributed by atoms with E-state index in [1.807, 2.05) is 6.20 Å². The van der Waals surface area contributed by atoms with Gasteiger partial charge in [0.15, 0.2) is 6.54 Å². The lowest BCUT2D eigenvalue weighted by atomic mass is 10.1. The Labute approximate surface area is 178 Å². The van der Waals surface area contributed by atoms with Crippen molar-refractivity contribution in [3.05, 3.63) is 16.9 Å².